The summed E-state index contributed by atoms with van der Waals surface area (Å²) in [6, 6.07) is 15.5. The van der Waals surface area contributed by atoms with Crippen LogP contribution in [0.5, 0.6) is 5.75 Å². The normalized spacial score (nSPS) is 11.7. The van der Waals surface area contributed by atoms with Gasteiger partial charge in [0.15, 0.2) is 6.10 Å². The lowest BCUT2D eigenvalue weighted by molar-refractivity contribution is 0.255. The lowest BCUT2D eigenvalue weighted by atomic mass is 10.1. The molecule has 0 bridgehead atoms. The van der Waals surface area contributed by atoms with E-state index in [1.807, 2.05) is 31.2 Å². The average Bonchev–Trinajstić information content (AvgIpc) is 2.43. The lowest BCUT2D eigenvalue weighted by Gasteiger charge is -2.14. The smallest absolute Gasteiger partial charge is 0.188 e. The third kappa shape index (κ3) is 4.00. The number of hydrogen-bond acceptors (Lipinski definition) is 2. The second-order valence-corrected chi connectivity index (χ2v) is 5.79. The van der Waals surface area contributed by atoms with Crippen LogP contribution < -0.4 is 4.74 Å². The third-order valence-corrected chi connectivity index (χ3v) is 3.70. The highest BCUT2D eigenvalue weighted by Crippen LogP contribution is 2.29. The number of benzene rings is 2. The molecule has 0 aliphatic carbocycles. The van der Waals surface area contributed by atoms with Crippen LogP contribution in [0.25, 0.3) is 0 Å². The molecule has 102 valence electrons. The summed E-state index contributed by atoms with van der Waals surface area (Å²) in [5.41, 5.74) is 2.27. The Kier molecular flexibility index (Phi) is 5.05. The van der Waals surface area contributed by atoms with Gasteiger partial charge in [-0.1, -0.05) is 41.4 Å². The molecular formula is C16H13BrClNO. The maximum absolute atomic E-state index is 9.23. The summed E-state index contributed by atoms with van der Waals surface area (Å²) in [4.78, 5) is 0. The van der Waals surface area contributed by atoms with E-state index >= 15 is 0 Å². The fraction of sp³-hybridized carbons (Fsp3) is 0.188. The maximum atomic E-state index is 9.23. The minimum Gasteiger partial charge on any atom is -0.474 e. The Morgan fingerprint density at radius 1 is 1.25 bits per heavy atom. The first-order valence-corrected chi connectivity index (χ1v) is 7.32. The largest absolute Gasteiger partial charge is 0.474 e. The quantitative estimate of drug-likeness (QED) is 0.783. The summed E-state index contributed by atoms with van der Waals surface area (Å²) in [6.45, 7) is 2.03. The maximum Gasteiger partial charge on any atom is 0.188 e. The molecule has 1 atom stereocenters. The van der Waals surface area contributed by atoms with Gasteiger partial charge in [0.05, 0.1) is 4.47 Å². The van der Waals surface area contributed by atoms with Crippen molar-refractivity contribution in [3.8, 4) is 11.8 Å². The van der Waals surface area contributed by atoms with Gasteiger partial charge < -0.3 is 4.74 Å². The van der Waals surface area contributed by atoms with E-state index in [1.54, 1.807) is 18.2 Å². The SMILES string of the molecule is Cc1ccc(C[C@H](C#N)Oc2ccc(Cl)cc2Br)cc1. The van der Waals surface area contributed by atoms with E-state index in [0.717, 1.165) is 10.0 Å². The minimum atomic E-state index is -0.532. The van der Waals surface area contributed by atoms with E-state index < -0.39 is 6.10 Å². The Balaban J connectivity index is 2.09. The Bertz CT molecular complexity index is 634. The number of hydrogen-bond donors (Lipinski definition) is 0. The van der Waals surface area contributed by atoms with Crippen LogP contribution in [0.15, 0.2) is 46.9 Å². The number of nitriles is 1. The molecule has 0 fully saturated rings. The van der Waals surface area contributed by atoms with Crippen LogP contribution in [-0.4, -0.2) is 6.10 Å². The number of nitrogens with zero attached hydrogens (tertiary/aromatic N) is 1. The molecular weight excluding hydrogens is 338 g/mol. The molecule has 0 radical (unpaired) electrons. The minimum absolute atomic E-state index is 0.532. The van der Waals surface area contributed by atoms with Gasteiger partial charge >= 0.3 is 0 Å². The number of halogens is 2. The van der Waals surface area contributed by atoms with E-state index in [2.05, 4.69) is 22.0 Å². The Hall–Kier alpha value is -1.50. The highest BCUT2D eigenvalue weighted by Gasteiger charge is 2.12. The van der Waals surface area contributed by atoms with Crippen molar-refractivity contribution >= 4 is 27.5 Å². The van der Waals surface area contributed by atoms with Crippen LogP contribution in [0.2, 0.25) is 5.02 Å². The molecule has 2 nitrogen and oxygen atoms in total. The van der Waals surface area contributed by atoms with Gasteiger partial charge in [-0.05, 0) is 46.6 Å². The van der Waals surface area contributed by atoms with E-state index in [4.69, 9.17) is 16.3 Å². The second-order valence-electron chi connectivity index (χ2n) is 4.50. The summed E-state index contributed by atoms with van der Waals surface area (Å²) in [6.07, 6.45) is 0.0152. The van der Waals surface area contributed by atoms with Gasteiger partial charge in [0.25, 0.3) is 0 Å². The zero-order valence-corrected chi connectivity index (χ0v) is 13.3. The average molecular weight is 351 g/mol. The number of aryl methyl sites for hydroxylation is 1. The first kappa shape index (κ1) is 14.9. The molecule has 0 unspecified atom stereocenters. The molecule has 2 aromatic rings. The molecule has 2 rings (SSSR count). The van der Waals surface area contributed by atoms with Crippen LogP contribution in [0, 0.1) is 18.3 Å². The molecule has 0 aliphatic rings. The molecule has 0 aromatic heterocycles. The van der Waals surface area contributed by atoms with E-state index in [9.17, 15) is 5.26 Å². The molecule has 4 heteroatoms. The molecule has 20 heavy (non-hydrogen) atoms. The van der Waals surface area contributed by atoms with Crippen LogP contribution in [0.3, 0.4) is 0 Å². The van der Waals surface area contributed by atoms with Crippen LogP contribution >= 0.6 is 27.5 Å². The monoisotopic (exact) mass is 349 g/mol. The van der Waals surface area contributed by atoms with Gasteiger partial charge in [0, 0.05) is 11.4 Å². The number of ether oxygens (including phenoxy) is 1. The van der Waals surface area contributed by atoms with Gasteiger partial charge in [-0.2, -0.15) is 5.26 Å². The van der Waals surface area contributed by atoms with Crippen molar-refractivity contribution < 1.29 is 4.74 Å². The van der Waals surface area contributed by atoms with Crippen LogP contribution in [-0.2, 0) is 6.42 Å². The molecule has 0 N–H and O–H groups in total. The summed E-state index contributed by atoms with van der Waals surface area (Å²) in [7, 11) is 0. The molecule has 0 saturated heterocycles. The highest BCUT2D eigenvalue weighted by molar-refractivity contribution is 9.10. The first-order valence-electron chi connectivity index (χ1n) is 6.15. The van der Waals surface area contributed by atoms with Crippen LogP contribution in [0.4, 0.5) is 0 Å². The molecule has 0 amide bonds. The Morgan fingerprint density at radius 2 is 1.95 bits per heavy atom. The standard InChI is InChI=1S/C16H13BrClNO/c1-11-2-4-12(5-3-11)8-14(10-19)20-16-7-6-13(18)9-15(16)17/h2-7,9,14H,8H2,1H3/t14-/m1/s1. The molecule has 0 aliphatic heterocycles. The Morgan fingerprint density at radius 3 is 2.55 bits per heavy atom. The highest BCUT2D eigenvalue weighted by atomic mass is 79.9. The summed E-state index contributed by atoms with van der Waals surface area (Å²) in [5, 5.41) is 9.85. The fourth-order valence-corrected chi connectivity index (χ4v) is 2.55. The first-order chi connectivity index (χ1) is 9.58. The van der Waals surface area contributed by atoms with Crippen molar-refractivity contribution in [3.05, 3.63) is 63.1 Å². The predicted octanol–water partition coefficient (Wildman–Crippen LogP) is 4.92. The van der Waals surface area contributed by atoms with Gasteiger partial charge in [0.2, 0.25) is 0 Å². The van der Waals surface area contributed by atoms with Gasteiger partial charge in [0.1, 0.15) is 11.8 Å². The van der Waals surface area contributed by atoms with E-state index in [1.165, 1.54) is 5.56 Å². The molecule has 0 spiro atoms. The topological polar surface area (TPSA) is 33.0 Å². The fourth-order valence-electron chi connectivity index (χ4n) is 1.78. The van der Waals surface area contributed by atoms with Crippen LogP contribution in [0.1, 0.15) is 11.1 Å². The van der Waals surface area contributed by atoms with Gasteiger partial charge in [-0.3, -0.25) is 0 Å². The van der Waals surface area contributed by atoms with E-state index in [0.29, 0.717) is 17.2 Å². The number of rotatable bonds is 4. The van der Waals surface area contributed by atoms with E-state index in [-0.39, 0.29) is 0 Å². The second kappa shape index (κ2) is 6.78. The zero-order chi connectivity index (χ0) is 14.5. The lowest BCUT2D eigenvalue weighted by Crippen LogP contribution is -2.17. The van der Waals surface area contributed by atoms with Crippen molar-refractivity contribution in [3.63, 3.8) is 0 Å². The van der Waals surface area contributed by atoms with Crippen molar-refractivity contribution in [1.29, 1.82) is 5.26 Å². The predicted molar refractivity (Wildman–Crippen MR) is 84.1 cm³/mol. The van der Waals surface area contributed by atoms with Gasteiger partial charge in [-0.15, -0.1) is 0 Å². The molecule has 2 aromatic carbocycles. The molecule has 0 heterocycles. The van der Waals surface area contributed by atoms with Crippen molar-refractivity contribution in [1.82, 2.24) is 0 Å². The zero-order valence-electron chi connectivity index (χ0n) is 10.9. The van der Waals surface area contributed by atoms with Crippen molar-refractivity contribution in [2.75, 3.05) is 0 Å². The summed E-state index contributed by atoms with van der Waals surface area (Å²) < 4.78 is 6.46. The van der Waals surface area contributed by atoms with Crippen molar-refractivity contribution in [2.45, 2.75) is 19.4 Å². The summed E-state index contributed by atoms with van der Waals surface area (Å²) in [5.74, 6) is 0.619. The Labute approximate surface area is 132 Å². The van der Waals surface area contributed by atoms with Gasteiger partial charge in [-0.25, -0.2) is 0 Å². The third-order valence-electron chi connectivity index (χ3n) is 2.85. The van der Waals surface area contributed by atoms with Crippen molar-refractivity contribution in [2.24, 2.45) is 0 Å². The molecule has 0 saturated carbocycles. The summed E-state index contributed by atoms with van der Waals surface area (Å²) >= 11 is 9.26.